The van der Waals surface area contributed by atoms with Crippen LogP contribution in [0.2, 0.25) is 0 Å². The Balaban J connectivity index is 1.87. The van der Waals surface area contributed by atoms with E-state index < -0.39 is 6.04 Å². The highest BCUT2D eigenvalue weighted by atomic mass is 16.5. The van der Waals surface area contributed by atoms with E-state index in [9.17, 15) is 9.59 Å². The highest BCUT2D eigenvalue weighted by molar-refractivity contribution is 5.88. The number of carbonyl (C=O) groups is 2. The van der Waals surface area contributed by atoms with Crippen LogP contribution in [0.1, 0.15) is 44.2 Å². The summed E-state index contributed by atoms with van der Waals surface area (Å²) in [6.07, 6.45) is 3.08. The topological polar surface area (TPSA) is 84.7 Å². The molecule has 0 aliphatic carbocycles. The molecule has 174 valence electrons. The molecule has 0 heterocycles. The van der Waals surface area contributed by atoms with Crippen molar-refractivity contribution in [3.8, 4) is 5.75 Å². The maximum Gasteiger partial charge on any atom is 0.243 e. The first kappa shape index (κ1) is 25.4. The fourth-order valence-electron chi connectivity index (χ4n) is 3.59. The summed E-state index contributed by atoms with van der Waals surface area (Å²) in [4.78, 5) is 27.1. The molecule has 32 heavy (non-hydrogen) atoms. The van der Waals surface area contributed by atoms with Crippen LogP contribution in [0.3, 0.4) is 0 Å². The van der Waals surface area contributed by atoms with Crippen molar-refractivity contribution in [2.24, 2.45) is 11.7 Å². The van der Waals surface area contributed by atoms with E-state index in [0.29, 0.717) is 19.7 Å². The minimum absolute atomic E-state index is 0.0155. The number of nitrogens with zero attached hydrogens (tertiary/aromatic N) is 1. The van der Waals surface area contributed by atoms with Crippen LogP contribution >= 0.6 is 0 Å². The predicted octanol–water partition coefficient (Wildman–Crippen LogP) is 3.54. The van der Waals surface area contributed by atoms with E-state index in [1.807, 2.05) is 68.4 Å². The molecule has 0 spiro atoms. The lowest BCUT2D eigenvalue weighted by Gasteiger charge is -2.30. The summed E-state index contributed by atoms with van der Waals surface area (Å²) in [7, 11) is 1.71. The van der Waals surface area contributed by atoms with Gasteiger partial charge >= 0.3 is 0 Å². The number of amides is 2. The first-order chi connectivity index (χ1) is 15.4. The van der Waals surface area contributed by atoms with E-state index in [0.717, 1.165) is 36.1 Å². The third-order valence-corrected chi connectivity index (χ3v) is 5.42. The molecule has 3 N–H and O–H groups in total. The van der Waals surface area contributed by atoms with Crippen molar-refractivity contribution < 1.29 is 14.3 Å². The lowest BCUT2D eigenvalue weighted by molar-refractivity contribution is -0.140. The van der Waals surface area contributed by atoms with Crippen molar-refractivity contribution in [3.05, 3.63) is 65.7 Å². The van der Waals surface area contributed by atoms with Gasteiger partial charge in [0.2, 0.25) is 11.8 Å². The van der Waals surface area contributed by atoms with Crippen LogP contribution in [-0.4, -0.2) is 42.9 Å². The molecule has 2 aromatic rings. The number of unbranched alkanes of at least 4 members (excludes halogenated alkanes) is 2. The molecule has 2 amide bonds. The maximum absolute atomic E-state index is 12.9. The van der Waals surface area contributed by atoms with E-state index >= 15 is 0 Å². The Morgan fingerprint density at radius 1 is 0.969 bits per heavy atom. The molecule has 0 aliphatic rings. The summed E-state index contributed by atoms with van der Waals surface area (Å²) in [6.45, 7) is 5.69. The van der Waals surface area contributed by atoms with Crippen molar-refractivity contribution >= 4 is 11.8 Å². The first-order valence-electron chi connectivity index (χ1n) is 11.4. The Kier molecular flexibility index (Phi) is 10.7. The molecule has 6 heteroatoms. The zero-order valence-electron chi connectivity index (χ0n) is 19.5. The largest absolute Gasteiger partial charge is 0.489 e. The average Bonchev–Trinajstić information content (AvgIpc) is 2.79. The molecule has 1 unspecified atom stereocenters. The summed E-state index contributed by atoms with van der Waals surface area (Å²) in [5.74, 6) is 0.586. The smallest absolute Gasteiger partial charge is 0.243 e. The molecule has 0 aromatic heterocycles. The van der Waals surface area contributed by atoms with Crippen molar-refractivity contribution in [2.45, 2.75) is 52.2 Å². The average molecular weight is 440 g/mol. The van der Waals surface area contributed by atoms with Crippen LogP contribution in [0.4, 0.5) is 0 Å². The second-order valence-electron chi connectivity index (χ2n) is 8.43. The molecular weight excluding hydrogens is 402 g/mol. The molecule has 0 bridgehead atoms. The molecule has 2 aromatic carbocycles. The number of benzene rings is 2. The van der Waals surface area contributed by atoms with Gasteiger partial charge in [0.1, 0.15) is 18.4 Å². The van der Waals surface area contributed by atoms with Crippen LogP contribution in [0.15, 0.2) is 54.6 Å². The van der Waals surface area contributed by atoms with E-state index in [2.05, 4.69) is 5.32 Å². The summed E-state index contributed by atoms with van der Waals surface area (Å²) in [5.41, 5.74) is 7.49. The lowest BCUT2D eigenvalue weighted by atomic mass is 10.0. The molecule has 0 saturated heterocycles. The number of carbonyl (C=O) groups excluding carboxylic acids is 2. The van der Waals surface area contributed by atoms with Gasteiger partial charge in [-0.25, -0.2) is 0 Å². The first-order valence-corrected chi connectivity index (χ1v) is 11.4. The van der Waals surface area contributed by atoms with Gasteiger partial charge in [0, 0.05) is 13.6 Å². The van der Waals surface area contributed by atoms with Gasteiger partial charge in [-0.2, -0.15) is 0 Å². The minimum atomic E-state index is -0.495. The van der Waals surface area contributed by atoms with Crippen LogP contribution in [-0.2, 0) is 22.6 Å². The number of rotatable bonds is 13. The highest BCUT2D eigenvalue weighted by Crippen LogP contribution is 2.17. The fourth-order valence-corrected chi connectivity index (χ4v) is 3.59. The molecule has 0 radical (unpaired) electrons. The van der Waals surface area contributed by atoms with E-state index in [4.69, 9.17) is 10.5 Å². The van der Waals surface area contributed by atoms with Crippen molar-refractivity contribution in [1.82, 2.24) is 10.2 Å². The van der Waals surface area contributed by atoms with E-state index in [-0.39, 0.29) is 24.2 Å². The Bertz CT molecular complexity index is 822. The second-order valence-corrected chi connectivity index (χ2v) is 8.43. The number of likely N-dealkylation sites (N-methyl/N-ethyl adjacent to an activating group) is 1. The van der Waals surface area contributed by atoms with Gasteiger partial charge in [0.05, 0.1) is 6.42 Å². The van der Waals surface area contributed by atoms with Crippen molar-refractivity contribution in [2.75, 3.05) is 20.1 Å². The zero-order chi connectivity index (χ0) is 23.3. The molecule has 6 nitrogen and oxygen atoms in total. The summed E-state index contributed by atoms with van der Waals surface area (Å²) >= 11 is 0. The third kappa shape index (κ3) is 8.35. The Hall–Kier alpha value is -2.86. The van der Waals surface area contributed by atoms with Crippen LogP contribution in [0.25, 0.3) is 0 Å². The van der Waals surface area contributed by atoms with Gasteiger partial charge < -0.3 is 20.7 Å². The monoisotopic (exact) mass is 439 g/mol. The molecule has 1 atom stereocenters. The number of hydrogen-bond acceptors (Lipinski definition) is 4. The predicted molar refractivity (Wildman–Crippen MR) is 128 cm³/mol. The van der Waals surface area contributed by atoms with Gasteiger partial charge in [-0.05, 0) is 48.6 Å². The summed E-state index contributed by atoms with van der Waals surface area (Å²) in [6, 6.07) is 17.0. The highest BCUT2D eigenvalue weighted by Gasteiger charge is 2.29. The lowest BCUT2D eigenvalue weighted by Crippen LogP contribution is -2.51. The SMILES string of the molecule is CC(C)C(C(=O)NCCCCCN)N(C)C(=O)Cc1ccc(OCc2ccccc2)cc1. The number of nitrogens with one attached hydrogen (secondary N) is 1. The molecule has 2 rings (SSSR count). The fraction of sp³-hybridized carbons (Fsp3) is 0.462. The van der Waals surface area contributed by atoms with Crippen LogP contribution in [0.5, 0.6) is 5.75 Å². The normalized spacial score (nSPS) is 11.8. The zero-order valence-corrected chi connectivity index (χ0v) is 19.5. The Labute approximate surface area is 192 Å². The number of hydrogen-bond donors (Lipinski definition) is 2. The van der Waals surface area contributed by atoms with Gasteiger partial charge in [0.15, 0.2) is 0 Å². The molecule has 0 fully saturated rings. The van der Waals surface area contributed by atoms with Gasteiger partial charge in [-0.1, -0.05) is 62.7 Å². The standard InChI is InChI=1S/C26H37N3O3/c1-20(2)25(26(31)28-17-9-5-8-16-27)29(3)24(30)18-21-12-14-23(15-13-21)32-19-22-10-6-4-7-11-22/h4,6-7,10-15,20,25H,5,8-9,16-19,27H2,1-3H3,(H,28,31). The molecule has 0 saturated carbocycles. The number of nitrogens with two attached hydrogens (primary N) is 1. The Morgan fingerprint density at radius 2 is 1.66 bits per heavy atom. The van der Waals surface area contributed by atoms with Crippen LogP contribution in [0, 0.1) is 5.92 Å². The van der Waals surface area contributed by atoms with E-state index in [1.54, 1.807) is 11.9 Å². The van der Waals surface area contributed by atoms with Crippen molar-refractivity contribution in [3.63, 3.8) is 0 Å². The molecule has 0 aliphatic heterocycles. The maximum atomic E-state index is 12.9. The summed E-state index contributed by atoms with van der Waals surface area (Å²) < 4.78 is 5.81. The van der Waals surface area contributed by atoms with Gasteiger partial charge in [-0.15, -0.1) is 0 Å². The third-order valence-electron chi connectivity index (χ3n) is 5.42. The van der Waals surface area contributed by atoms with E-state index in [1.165, 1.54) is 0 Å². The van der Waals surface area contributed by atoms with Gasteiger partial charge in [0.25, 0.3) is 0 Å². The van der Waals surface area contributed by atoms with Crippen LogP contribution < -0.4 is 15.8 Å². The quantitative estimate of drug-likeness (QED) is 0.468. The minimum Gasteiger partial charge on any atom is -0.489 e. The second kappa shape index (κ2) is 13.5. The number of ether oxygens (including phenoxy) is 1. The summed E-state index contributed by atoms with van der Waals surface area (Å²) in [5, 5.41) is 2.97. The molecular formula is C26H37N3O3. The Morgan fingerprint density at radius 3 is 2.28 bits per heavy atom. The van der Waals surface area contributed by atoms with Crippen molar-refractivity contribution in [1.29, 1.82) is 0 Å². The van der Waals surface area contributed by atoms with Gasteiger partial charge in [-0.3, -0.25) is 9.59 Å².